The maximum absolute atomic E-state index is 11.6. The van der Waals surface area contributed by atoms with Crippen molar-refractivity contribution in [1.29, 1.82) is 0 Å². The molecule has 1 amide bonds. The van der Waals surface area contributed by atoms with E-state index in [4.69, 9.17) is 10.5 Å². The fraction of sp³-hybridized carbons (Fsp3) is 0.800. The van der Waals surface area contributed by atoms with Gasteiger partial charge in [-0.25, -0.2) is 4.79 Å². The molecule has 0 spiro atoms. The monoisotopic (exact) mass is 214 g/mol. The quantitative estimate of drug-likeness (QED) is 0.649. The van der Waals surface area contributed by atoms with Crippen molar-refractivity contribution >= 4 is 11.9 Å². The summed E-state index contributed by atoms with van der Waals surface area (Å²) in [6.45, 7) is 5.83. The van der Waals surface area contributed by atoms with E-state index in [-0.39, 0.29) is 5.78 Å². The van der Waals surface area contributed by atoms with Gasteiger partial charge in [-0.3, -0.25) is 9.69 Å². The fourth-order valence-corrected chi connectivity index (χ4v) is 1.41. The Hall–Kier alpha value is -1.10. The largest absolute Gasteiger partial charge is 0.444 e. The Morgan fingerprint density at radius 2 is 2.13 bits per heavy atom. The van der Waals surface area contributed by atoms with Gasteiger partial charge < -0.3 is 10.5 Å². The van der Waals surface area contributed by atoms with Crippen molar-refractivity contribution in [3.05, 3.63) is 0 Å². The van der Waals surface area contributed by atoms with Crippen LogP contribution in [0.15, 0.2) is 0 Å². The Morgan fingerprint density at radius 3 is 2.67 bits per heavy atom. The molecule has 0 aromatic heterocycles. The number of carbonyl (C=O) groups is 2. The second-order valence-corrected chi connectivity index (χ2v) is 4.69. The summed E-state index contributed by atoms with van der Waals surface area (Å²) in [4.78, 5) is 24.2. The van der Waals surface area contributed by atoms with Gasteiger partial charge in [-0.1, -0.05) is 0 Å². The van der Waals surface area contributed by atoms with Crippen molar-refractivity contribution in [2.45, 2.75) is 45.4 Å². The van der Waals surface area contributed by atoms with Crippen molar-refractivity contribution in [1.82, 2.24) is 4.90 Å². The van der Waals surface area contributed by atoms with Gasteiger partial charge in [0.15, 0.2) is 5.78 Å². The molecule has 1 aliphatic rings. The molecular weight excluding hydrogens is 196 g/mol. The molecule has 1 aliphatic heterocycles. The lowest BCUT2D eigenvalue weighted by molar-refractivity contribution is -0.126. The molecule has 0 aliphatic carbocycles. The van der Waals surface area contributed by atoms with E-state index in [1.807, 2.05) is 0 Å². The summed E-state index contributed by atoms with van der Waals surface area (Å²) in [6, 6.07) is 0. The van der Waals surface area contributed by atoms with Gasteiger partial charge in [0.25, 0.3) is 0 Å². The maximum atomic E-state index is 11.6. The van der Waals surface area contributed by atoms with Crippen LogP contribution >= 0.6 is 0 Å². The van der Waals surface area contributed by atoms with Crippen molar-refractivity contribution in [3.8, 4) is 0 Å². The van der Waals surface area contributed by atoms with Crippen molar-refractivity contribution in [2.75, 3.05) is 6.54 Å². The molecule has 1 atom stereocenters. The molecule has 1 saturated heterocycles. The standard InChI is InChI=1S/C10H18N2O3/c1-10(2,3)15-9(14)12-6-4-5-7(13)8(12)11/h8H,4-6,11H2,1-3H3. The first-order valence-corrected chi connectivity index (χ1v) is 5.09. The molecule has 0 bridgehead atoms. The van der Waals surface area contributed by atoms with Gasteiger partial charge >= 0.3 is 6.09 Å². The van der Waals surface area contributed by atoms with Gasteiger partial charge in [0.2, 0.25) is 0 Å². The van der Waals surface area contributed by atoms with Crippen LogP contribution in [0.25, 0.3) is 0 Å². The number of piperidine rings is 1. The molecule has 2 N–H and O–H groups in total. The van der Waals surface area contributed by atoms with Crippen molar-refractivity contribution in [3.63, 3.8) is 0 Å². The molecule has 1 unspecified atom stereocenters. The number of hydrogen-bond acceptors (Lipinski definition) is 4. The van der Waals surface area contributed by atoms with Crippen LogP contribution in [0.3, 0.4) is 0 Å². The second-order valence-electron chi connectivity index (χ2n) is 4.69. The van der Waals surface area contributed by atoms with Gasteiger partial charge in [-0.05, 0) is 27.2 Å². The third-order valence-corrected chi connectivity index (χ3v) is 2.12. The highest BCUT2D eigenvalue weighted by Gasteiger charge is 2.32. The van der Waals surface area contributed by atoms with Crippen LogP contribution in [0.2, 0.25) is 0 Å². The number of ketones is 1. The second kappa shape index (κ2) is 4.18. The summed E-state index contributed by atoms with van der Waals surface area (Å²) >= 11 is 0. The third kappa shape index (κ3) is 3.20. The molecule has 1 fully saturated rings. The molecule has 5 heteroatoms. The summed E-state index contributed by atoms with van der Waals surface area (Å²) in [7, 11) is 0. The molecule has 0 radical (unpaired) electrons. The van der Waals surface area contributed by atoms with Gasteiger partial charge in [-0.2, -0.15) is 0 Å². The minimum Gasteiger partial charge on any atom is -0.444 e. The number of carbonyl (C=O) groups excluding carboxylic acids is 2. The van der Waals surface area contributed by atoms with Crippen molar-refractivity contribution in [2.24, 2.45) is 5.73 Å². The Labute approximate surface area is 89.6 Å². The van der Waals surface area contributed by atoms with E-state index in [1.165, 1.54) is 4.90 Å². The normalized spacial score (nSPS) is 22.8. The molecule has 0 aromatic carbocycles. The van der Waals surface area contributed by atoms with Gasteiger partial charge in [0.05, 0.1) is 0 Å². The summed E-state index contributed by atoms with van der Waals surface area (Å²) in [5, 5.41) is 0. The summed E-state index contributed by atoms with van der Waals surface area (Å²) in [5.41, 5.74) is 5.06. The van der Waals surface area contributed by atoms with Gasteiger partial charge in [0, 0.05) is 13.0 Å². The van der Waals surface area contributed by atoms with Crippen molar-refractivity contribution < 1.29 is 14.3 Å². The lowest BCUT2D eigenvalue weighted by Crippen LogP contribution is -2.55. The molecule has 0 aromatic rings. The van der Waals surface area contributed by atoms with Gasteiger partial charge in [-0.15, -0.1) is 0 Å². The highest BCUT2D eigenvalue weighted by Crippen LogP contribution is 2.15. The Kier molecular flexibility index (Phi) is 3.34. The van der Waals surface area contributed by atoms with Crippen LogP contribution in [0.5, 0.6) is 0 Å². The predicted octanol–water partition coefficient (Wildman–Crippen LogP) is 0.871. The van der Waals surface area contributed by atoms with Gasteiger partial charge in [0.1, 0.15) is 11.8 Å². The smallest absolute Gasteiger partial charge is 0.411 e. The van der Waals surface area contributed by atoms with Crippen LogP contribution in [-0.4, -0.2) is 35.1 Å². The SMILES string of the molecule is CC(C)(C)OC(=O)N1CCCC(=O)C1N. The lowest BCUT2D eigenvalue weighted by atomic mass is 10.1. The van der Waals surface area contributed by atoms with Crippen LogP contribution in [0.4, 0.5) is 4.79 Å². The number of rotatable bonds is 0. The van der Waals surface area contributed by atoms with Crippen LogP contribution in [0, 0.1) is 0 Å². The topological polar surface area (TPSA) is 72.6 Å². The minimum absolute atomic E-state index is 0.105. The Balaban J connectivity index is 2.63. The highest BCUT2D eigenvalue weighted by atomic mass is 16.6. The molecule has 5 nitrogen and oxygen atoms in total. The zero-order chi connectivity index (χ0) is 11.6. The number of ether oxygens (including phenoxy) is 1. The van der Waals surface area contributed by atoms with E-state index in [9.17, 15) is 9.59 Å². The Bertz CT molecular complexity index is 270. The summed E-state index contributed by atoms with van der Waals surface area (Å²) in [6.07, 6.45) is -0.247. The minimum atomic E-state index is -0.839. The molecular formula is C10H18N2O3. The average Bonchev–Trinajstić information content (AvgIpc) is 2.06. The summed E-state index contributed by atoms with van der Waals surface area (Å²) < 4.78 is 5.15. The number of Topliss-reactive ketones (excluding diaryl/α,β-unsaturated/α-hetero) is 1. The van der Waals surface area contributed by atoms with E-state index in [2.05, 4.69) is 0 Å². The third-order valence-electron chi connectivity index (χ3n) is 2.12. The molecule has 15 heavy (non-hydrogen) atoms. The molecule has 0 saturated carbocycles. The average molecular weight is 214 g/mol. The Morgan fingerprint density at radius 1 is 1.53 bits per heavy atom. The maximum Gasteiger partial charge on any atom is 0.411 e. The number of hydrogen-bond donors (Lipinski definition) is 1. The number of nitrogens with zero attached hydrogens (tertiary/aromatic N) is 1. The number of amides is 1. The first-order valence-electron chi connectivity index (χ1n) is 5.09. The first kappa shape index (κ1) is 12.0. The van der Waals surface area contributed by atoms with Crippen LogP contribution in [0.1, 0.15) is 33.6 Å². The molecule has 1 heterocycles. The van der Waals surface area contributed by atoms with E-state index < -0.39 is 17.9 Å². The number of likely N-dealkylation sites (tertiary alicyclic amines) is 1. The van der Waals surface area contributed by atoms with Crippen LogP contribution in [-0.2, 0) is 9.53 Å². The first-order chi connectivity index (χ1) is 6.81. The number of nitrogens with two attached hydrogens (primary N) is 1. The van der Waals surface area contributed by atoms with E-state index >= 15 is 0 Å². The van der Waals surface area contributed by atoms with E-state index in [0.717, 1.165) is 0 Å². The highest BCUT2D eigenvalue weighted by molar-refractivity contribution is 5.87. The fourth-order valence-electron chi connectivity index (χ4n) is 1.41. The summed E-state index contributed by atoms with van der Waals surface area (Å²) in [5.74, 6) is -0.105. The van der Waals surface area contributed by atoms with Crippen LogP contribution < -0.4 is 5.73 Å². The predicted molar refractivity (Wildman–Crippen MR) is 55.2 cm³/mol. The zero-order valence-corrected chi connectivity index (χ0v) is 9.45. The zero-order valence-electron chi connectivity index (χ0n) is 9.45. The van der Waals surface area contributed by atoms with E-state index in [0.29, 0.717) is 19.4 Å². The molecule has 1 rings (SSSR count). The van der Waals surface area contributed by atoms with E-state index in [1.54, 1.807) is 20.8 Å². The molecule has 86 valence electrons. The lowest BCUT2D eigenvalue weighted by Gasteiger charge is -2.33.